The molecular formula is C52H104O2. The topological polar surface area (TPSA) is 26.3 Å². The maximum atomic E-state index is 12.0. The van der Waals surface area contributed by atoms with E-state index in [0.29, 0.717) is 13.0 Å². The lowest BCUT2D eigenvalue weighted by molar-refractivity contribution is -0.143. The second-order valence-electron chi connectivity index (χ2n) is 17.9. The molecule has 0 saturated carbocycles. The van der Waals surface area contributed by atoms with Crippen LogP contribution in [-0.4, -0.2) is 12.6 Å². The average Bonchev–Trinajstić information content (AvgIpc) is 3.18. The third-order valence-corrected chi connectivity index (χ3v) is 12.2. The van der Waals surface area contributed by atoms with Crippen molar-refractivity contribution in [2.45, 2.75) is 322 Å². The van der Waals surface area contributed by atoms with E-state index in [1.54, 1.807) is 0 Å². The molecular weight excluding hydrogens is 657 g/mol. The number of carbonyl (C=O) groups excluding carboxylic acids is 1. The van der Waals surface area contributed by atoms with Crippen LogP contribution in [0.25, 0.3) is 0 Å². The molecule has 324 valence electrons. The Morgan fingerprint density at radius 1 is 0.241 bits per heavy atom. The summed E-state index contributed by atoms with van der Waals surface area (Å²) >= 11 is 0. The van der Waals surface area contributed by atoms with Crippen LogP contribution >= 0.6 is 0 Å². The first-order valence-electron chi connectivity index (χ1n) is 26.0. The van der Waals surface area contributed by atoms with E-state index < -0.39 is 0 Å². The molecule has 0 radical (unpaired) electrons. The SMILES string of the molecule is CCCCCCCCCCCCCCCCCCCCCCCCCCCCCCCCCCCCC(=O)OCCCCCCCCCCCCCCC. The number of hydrogen-bond acceptors (Lipinski definition) is 2. The summed E-state index contributed by atoms with van der Waals surface area (Å²) in [6.45, 7) is 5.23. The molecule has 2 heteroatoms. The number of hydrogen-bond donors (Lipinski definition) is 0. The zero-order valence-corrected chi connectivity index (χ0v) is 38.0. The van der Waals surface area contributed by atoms with Gasteiger partial charge in [0.1, 0.15) is 0 Å². The fourth-order valence-electron chi connectivity index (χ4n) is 8.38. The summed E-state index contributed by atoms with van der Waals surface area (Å²) < 4.78 is 5.47. The molecule has 0 aromatic heterocycles. The summed E-state index contributed by atoms with van der Waals surface area (Å²) in [7, 11) is 0. The molecule has 0 aromatic carbocycles. The van der Waals surface area contributed by atoms with Crippen LogP contribution in [0.2, 0.25) is 0 Å². The number of carbonyl (C=O) groups is 1. The summed E-state index contributed by atoms with van der Waals surface area (Å²) in [6, 6.07) is 0. The molecule has 0 N–H and O–H groups in total. The third kappa shape index (κ3) is 49.5. The second kappa shape index (κ2) is 50.5. The van der Waals surface area contributed by atoms with Crippen molar-refractivity contribution in [3.63, 3.8) is 0 Å². The minimum atomic E-state index is 0.0323. The molecule has 0 fully saturated rings. The molecule has 0 heterocycles. The van der Waals surface area contributed by atoms with E-state index in [9.17, 15) is 4.79 Å². The van der Waals surface area contributed by atoms with Gasteiger partial charge in [0.15, 0.2) is 0 Å². The first kappa shape index (κ1) is 53.5. The highest BCUT2D eigenvalue weighted by Crippen LogP contribution is 2.18. The van der Waals surface area contributed by atoms with Gasteiger partial charge in [0.05, 0.1) is 6.61 Å². The Hall–Kier alpha value is -0.530. The molecule has 0 saturated heterocycles. The third-order valence-electron chi connectivity index (χ3n) is 12.2. The molecule has 0 aromatic rings. The first-order valence-corrected chi connectivity index (χ1v) is 26.0. The highest BCUT2D eigenvalue weighted by molar-refractivity contribution is 5.69. The summed E-state index contributed by atoms with van der Waals surface area (Å²) in [6.07, 6.45) is 66.9. The van der Waals surface area contributed by atoms with E-state index in [1.807, 2.05) is 0 Å². The fourth-order valence-corrected chi connectivity index (χ4v) is 8.38. The van der Waals surface area contributed by atoms with Gasteiger partial charge >= 0.3 is 5.97 Å². The van der Waals surface area contributed by atoms with Crippen molar-refractivity contribution in [2.75, 3.05) is 6.61 Å². The zero-order chi connectivity index (χ0) is 38.9. The summed E-state index contributed by atoms with van der Waals surface area (Å²) in [5.74, 6) is 0.0323. The molecule has 0 aliphatic rings. The van der Waals surface area contributed by atoms with Crippen LogP contribution < -0.4 is 0 Å². The Balaban J connectivity index is 3.12. The van der Waals surface area contributed by atoms with E-state index >= 15 is 0 Å². The van der Waals surface area contributed by atoms with Gasteiger partial charge in [-0.3, -0.25) is 4.79 Å². The molecule has 0 aliphatic carbocycles. The smallest absolute Gasteiger partial charge is 0.305 e. The standard InChI is InChI=1S/C52H104O2/c1-3-5-7-9-11-13-15-17-18-19-20-21-22-23-24-25-26-27-28-29-30-31-32-33-34-35-36-37-38-40-42-44-46-48-50-52(53)54-51-49-47-45-43-41-39-16-14-12-10-8-6-4-2/h3-51H2,1-2H3. The molecule has 2 nitrogen and oxygen atoms in total. The molecule has 0 bridgehead atoms. The van der Waals surface area contributed by atoms with Gasteiger partial charge in [-0.25, -0.2) is 0 Å². The van der Waals surface area contributed by atoms with Gasteiger partial charge in [0.2, 0.25) is 0 Å². The van der Waals surface area contributed by atoms with E-state index in [4.69, 9.17) is 4.74 Å². The van der Waals surface area contributed by atoms with Crippen molar-refractivity contribution in [1.29, 1.82) is 0 Å². The van der Waals surface area contributed by atoms with Crippen LogP contribution in [0.5, 0.6) is 0 Å². The summed E-state index contributed by atoms with van der Waals surface area (Å²) in [4.78, 5) is 12.0. The number of ether oxygens (including phenoxy) is 1. The predicted molar refractivity (Wildman–Crippen MR) is 244 cm³/mol. The molecule has 0 atom stereocenters. The largest absolute Gasteiger partial charge is 0.466 e. The number of unbranched alkanes of at least 4 members (excludes halogenated alkanes) is 45. The van der Waals surface area contributed by atoms with Crippen molar-refractivity contribution < 1.29 is 9.53 Å². The highest BCUT2D eigenvalue weighted by Gasteiger charge is 2.03. The van der Waals surface area contributed by atoms with E-state index in [-0.39, 0.29) is 5.97 Å². The van der Waals surface area contributed by atoms with Crippen LogP contribution in [0.1, 0.15) is 322 Å². The molecule has 0 rings (SSSR count). The minimum absolute atomic E-state index is 0.0323. The maximum absolute atomic E-state index is 12.0. The van der Waals surface area contributed by atoms with E-state index in [2.05, 4.69) is 13.8 Å². The highest BCUT2D eigenvalue weighted by atomic mass is 16.5. The van der Waals surface area contributed by atoms with Gasteiger partial charge in [-0.1, -0.05) is 303 Å². The Labute approximate surface area is 343 Å². The van der Waals surface area contributed by atoms with Gasteiger partial charge in [-0.15, -0.1) is 0 Å². The van der Waals surface area contributed by atoms with Crippen LogP contribution in [-0.2, 0) is 9.53 Å². The molecule has 0 amide bonds. The molecule has 0 spiro atoms. The summed E-state index contributed by atoms with van der Waals surface area (Å²) in [5, 5.41) is 0. The predicted octanol–water partition coefficient (Wildman–Crippen LogP) is 19.3. The van der Waals surface area contributed by atoms with Gasteiger partial charge in [0, 0.05) is 6.42 Å². The minimum Gasteiger partial charge on any atom is -0.466 e. The second-order valence-corrected chi connectivity index (χ2v) is 17.9. The van der Waals surface area contributed by atoms with Gasteiger partial charge < -0.3 is 4.74 Å². The Bertz CT molecular complexity index is 659. The van der Waals surface area contributed by atoms with Crippen LogP contribution in [0.3, 0.4) is 0 Å². The lowest BCUT2D eigenvalue weighted by atomic mass is 10.0. The number of rotatable bonds is 49. The van der Waals surface area contributed by atoms with Gasteiger partial charge in [0.25, 0.3) is 0 Å². The first-order chi connectivity index (χ1) is 26.8. The van der Waals surface area contributed by atoms with E-state index in [0.717, 1.165) is 12.8 Å². The van der Waals surface area contributed by atoms with Crippen molar-refractivity contribution in [3.05, 3.63) is 0 Å². The molecule has 54 heavy (non-hydrogen) atoms. The van der Waals surface area contributed by atoms with Gasteiger partial charge in [-0.05, 0) is 12.8 Å². The molecule has 0 unspecified atom stereocenters. The number of esters is 1. The van der Waals surface area contributed by atoms with Crippen LogP contribution in [0.4, 0.5) is 0 Å². The van der Waals surface area contributed by atoms with Crippen molar-refractivity contribution in [2.24, 2.45) is 0 Å². The van der Waals surface area contributed by atoms with Crippen LogP contribution in [0, 0.1) is 0 Å². The van der Waals surface area contributed by atoms with E-state index in [1.165, 1.54) is 289 Å². The van der Waals surface area contributed by atoms with Crippen molar-refractivity contribution in [3.8, 4) is 0 Å². The van der Waals surface area contributed by atoms with Crippen molar-refractivity contribution in [1.82, 2.24) is 0 Å². The Kier molecular flexibility index (Phi) is 50.0. The maximum Gasteiger partial charge on any atom is 0.305 e. The lowest BCUT2D eigenvalue weighted by Crippen LogP contribution is -2.05. The summed E-state index contributed by atoms with van der Waals surface area (Å²) in [5.41, 5.74) is 0. The Morgan fingerprint density at radius 3 is 0.611 bits per heavy atom. The monoisotopic (exact) mass is 761 g/mol. The Morgan fingerprint density at radius 2 is 0.407 bits per heavy atom. The lowest BCUT2D eigenvalue weighted by Gasteiger charge is -2.06. The van der Waals surface area contributed by atoms with Gasteiger partial charge in [-0.2, -0.15) is 0 Å². The average molecular weight is 761 g/mol. The molecule has 0 aliphatic heterocycles. The zero-order valence-electron chi connectivity index (χ0n) is 38.0. The van der Waals surface area contributed by atoms with Crippen LogP contribution in [0.15, 0.2) is 0 Å². The van der Waals surface area contributed by atoms with Crippen molar-refractivity contribution >= 4 is 5.97 Å². The normalized spacial score (nSPS) is 11.5. The fraction of sp³-hybridized carbons (Fsp3) is 0.981. The quantitative estimate of drug-likeness (QED) is 0.0456.